The van der Waals surface area contributed by atoms with Crippen molar-refractivity contribution < 1.29 is 14.5 Å². The number of ether oxygens (including phenoxy) is 1. The highest BCUT2D eigenvalue weighted by Crippen LogP contribution is 2.32. The maximum atomic E-state index is 12.5. The zero-order chi connectivity index (χ0) is 14.7. The molecule has 0 saturated carbocycles. The van der Waals surface area contributed by atoms with Crippen molar-refractivity contribution in [2.75, 3.05) is 19.7 Å². The van der Waals surface area contributed by atoms with Gasteiger partial charge in [-0.3, -0.25) is 14.9 Å². The van der Waals surface area contributed by atoms with Gasteiger partial charge in [0.2, 0.25) is 5.75 Å². The summed E-state index contributed by atoms with van der Waals surface area (Å²) in [5.41, 5.74) is 0.0786. The topological polar surface area (TPSA) is 72.7 Å². The second-order valence-electron chi connectivity index (χ2n) is 4.48. The highest BCUT2D eigenvalue weighted by molar-refractivity contribution is 9.09. The Morgan fingerprint density at radius 1 is 1.60 bits per heavy atom. The minimum Gasteiger partial charge on any atom is -0.487 e. The molecule has 7 heteroatoms. The van der Waals surface area contributed by atoms with Crippen molar-refractivity contribution >= 4 is 27.5 Å². The number of hydrogen-bond acceptors (Lipinski definition) is 4. The highest BCUT2D eigenvalue weighted by atomic mass is 79.9. The molecule has 0 spiro atoms. The number of nitro benzene ring substituents is 1. The van der Waals surface area contributed by atoms with Gasteiger partial charge >= 0.3 is 5.69 Å². The van der Waals surface area contributed by atoms with Gasteiger partial charge in [0.15, 0.2) is 0 Å². The van der Waals surface area contributed by atoms with E-state index in [1.165, 1.54) is 12.1 Å². The van der Waals surface area contributed by atoms with Gasteiger partial charge in [-0.2, -0.15) is 0 Å². The molecule has 0 N–H and O–H groups in total. The molecule has 1 aliphatic rings. The normalized spacial score (nSPS) is 18.1. The predicted octanol–water partition coefficient (Wildman–Crippen LogP) is 2.60. The fraction of sp³-hybridized carbons (Fsp3) is 0.462. The van der Waals surface area contributed by atoms with Gasteiger partial charge in [-0.05, 0) is 19.4 Å². The molecule has 0 aliphatic carbocycles. The van der Waals surface area contributed by atoms with Crippen LogP contribution in [0.15, 0.2) is 18.2 Å². The van der Waals surface area contributed by atoms with E-state index in [2.05, 4.69) is 15.9 Å². The Labute approximate surface area is 125 Å². The smallest absolute Gasteiger partial charge is 0.311 e. The molecule has 108 valence electrons. The monoisotopic (exact) mass is 342 g/mol. The fourth-order valence-electron chi connectivity index (χ4n) is 2.21. The number of para-hydroxylation sites is 1. The molecule has 1 fully saturated rings. The van der Waals surface area contributed by atoms with Gasteiger partial charge in [-0.25, -0.2) is 0 Å². The molecule has 20 heavy (non-hydrogen) atoms. The number of rotatable bonds is 4. The molecule has 0 bridgehead atoms. The van der Waals surface area contributed by atoms with E-state index in [0.717, 1.165) is 6.42 Å². The molecule has 1 aliphatic heterocycles. The van der Waals surface area contributed by atoms with E-state index in [-0.39, 0.29) is 34.3 Å². The van der Waals surface area contributed by atoms with Gasteiger partial charge in [0, 0.05) is 24.0 Å². The van der Waals surface area contributed by atoms with Crippen LogP contribution in [0.4, 0.5) is 5.69 Å². The first-order valence-electron chi connectivity index (χ1n) is 6.38. The van der Waals surface area contributed by atoms with Gasteiger partial charge in [0.25, 0.3) is 5.91 Å². The Morgan fingerprint density at radius 2 is 2.35 bits per heavy atom. The zero-order valence-corrected chi connectivity index (χ0v) is 12.6. The summed E-state index contributed by atoms with van der Waals surface area (Å²) in [4.78, 5) is 24.9. The Bertz CT molecular complexity index is 535. The number of alkyl halides is 1. The Balaban J connectivity index is 2.37. The standard InChI is InChI=1S/C13H15BrN2O4/c1-2-20-12-10(4-3-5-11(12)16(18)19)13(17)15-7-6-9(14)8-15/h3-5,9H,2,6-8H2,1H3. The zero-order valence-electron chi connectivity index (χ0n) is 11.0. The lowest BCUT2D eigenvalue weighted by molar-refractivity contribution is -0.385. The largest absolute Gasteiger partial charge is 0.487 e. The Hall–Kier alpha value is -1.63. The van der Waals surface area contributed by atoms with E-state index in [1.54, 1.807) is 17.9 Å². The highest BCUT2D eigenvalue weighted by Gasteiger charge is 2.30. The van der Waals surface area contributed by atoms with Crippen molar-refractivity contribution in [2.24, 2.45) is 0 Å². The molecule has 1 saturated heterocycles. The van der Waals surface area contributed by atoms with Crippen LogP contribution in [0.3, 0.4) is 0 Å². The predicted molar refractivity (Wildman–Crippen MR) is 77.5 cm³/mol. The van der Waals surface area contributed by atoms with Crippen LogP contribution in [0.25, 0.3) is 0 Å². The van der Waals surface area contributed by atoms with E-state index in [9.17, 15) is 14.9 Å². The number of nitrogens with zero attached hydrogens (tertiary/aromatic N) is 2. The number of benzene rings is 1. The third-order valence-corrected chi connectivity index (χ3v) is 3.88. The molecule has 1 aromatic rings. The number of carbonyl (C=O) groups excluding carboxylic acids is 1. The van der Waals surface area contributed by atoms with Crippen molar-refractivity contribution in [3.05, 3.63) is 33.9 Å². The van der Waals surface area contributed by atoms with E-state index in [4.69, 9.17) is 4.74 Å². The lowest BCUT2D eigenvalue weighted by atomic mass is 10.1. The van der Waals surface area contributed by atoms with Crippen LogP contribution in [0.5, 0.6) is 5.75 Å². The summed E-state index contributed by atoms with van der Waals surface area (Å²) in [6, 6.07) is 4.43. The second kappa shape index (κ2) is 6.21. The molecule has 1 atom stereocenters. The number of nitro groups is 1. The summed E-state index contributed by atoms with van der Waals surface area (Å²) < 4.78 is 5.34. The maximum Gasteiger partial charge on any atom is 0.311 e. The Morgan fingerprint density at radius 3 is 2.90 bits per heavy atom. The number of halogens is 1. The van der Waals surface area contributed by atoms with E-state index >= 15 is 0 Å². The first kappa shape index (κ1) is 14.8. The van der Waals surface area contributed by atoms with E-state index in [1.807, 2.05) is 0 Å². The maximum absolute atomic E-state index is 12.5. The summed E-state index contributed by atoms with van der Waals surface area (Å²) in [7, 11) is 0. The average Bonchev–Trinajstić information content (AvgIpc) is 2.85. The molecule has 1 unspecified atom stereocenters. The third-order valence-electron chi connectivity index (χ3n) is 3.13. The number of carbonyl (C=O) groups is 1. The van der Waals surface area contributed by atoms with Crippen LogP contribution in [0, 0.1) is 10.1 Å². The minimum atomic E-state index is -0.529. The van der Waals surface area contributed by atoms with Crippen molar-refractivity contribution in [3.63, 3.8) is 0 Å². The summed E-state index contributed by atoms with van der Waals surface area (Å²) >= 11 is 3.47. The van der Waals surface area contributed by atoms with Crippen LogP contribution in [0.1, 0.15) is 23.7 Å². The van der Waals surface area contributed by atoms with Crippen molar-refractivity contribution in [1.82, 2.24) is 4.90 Å². The van der Waals surface area contributed by atoms with Crippen LogP contribution in [-0.2, 0) is 0 Å². The number of likely N-dealkylation sites (tertiary alicyclic amines) is 1. The molecule has 2 rings (SSSR count). The van der Waals surface area contributed by atoms with Crippen molar-refractivity contribution in [2.45, 2.75) is 18.2 Å². The molecular weight excluding hydrogens is 328 g/mol. The molecule has 6 nitrogen and oxygen atoms in total. The summed E-state index contributed by atoms with van der Waals surface area (Å²) in [6.07, 6.45) is 0.880. The van der Waals surface area contributed by atoms with Gasteiger partial charge < -0.3 is 9.64 Å². The van der Waals surface area contributed by atoms with Crippen molar-refractivity contribution in [1.29, 1.82) is 0 Å². The molecule has 1 heterocycles. The summed E-state index contributed by atoms with van der Waals surface area (Å²) in [6.45, 7) is 3.25. The van der Waals surface area contributed by atoms with E-state index < -0.39 is 4.92 Å². The van der Waals surface area contributed by atoms with Crippen LogP contribution < -0.4 is 4.74 Å². The fourth-order valence-corrected chi connectivity index (χ4v) is 2.76. The SMILES string of the molecule is CCOc1c(C(=O)N2CCC(Br)C2)cccc1[N+](=O)[O-]. The second-order valence-corrected chi connectivity index (χ2v) is 5.78. The molecule has 1 amide bonds. The third kappa shape index (κ3) is 2.92. The number of amides is 1. The van der Waals surface area contributed by atoms with Crippen LogP contribution in [0.2, 0.25) is 0 Å². The van der Waals surface area contributed by atoms with Crippen LogP contribution in [-0.4, -0.2) is 40.3 Å². The van der Waals surface area contributed by atoms with Crippen LogP contribution >= 0.6 is 15.9 Å². The van der Waals surface area contributed by atoms with Gasteiger partial charge in [-0.1, -0.05) is 22.0 Å². The van der Waals surface area contributed by atoms with Crippen molar-refractivity contribution in [3.8, 4) is 5.75 Å². The van der Waals surface area contributed by atoms with Gasteiger partial charge in [0.1, 0.15) is 0 Å². The molecule has 0 radical (unpaired) electrons. The van der Waals surface area contributed by atoms with E-state index in [0.29, 0.717) is 13.1 Å². The first-order valence-corrected chi connectivity index (χ1v) is 7.29. The summed E-state index contributed by atoms with van der Waals surface area (Å²) in [5, 5.41) is 11.0. The average molecular weight is 343 g/mol. The summed E-state index contributed by atoms with van der Waals surface area (Å²) in [5.74, 6) is -0.165. The number of hydrogen-bond donors (Lipinski definition) is 0. The molecule has 0 aromatic heterocycles. The lowest BCUT2D eigenvalue weighted by Gasteiger charge is -2.17. The lowest BCUT2D eigenvalue weighted by Crippen LogP contribution is -2.29. The van der Waals surface area contributed by atoms with Gasteiger partial charge in [-0.15, -0.1) is 0 Å². The molecular formula is C13H15BrN2O4. The first-order chi connectivity index (χ1) is 9.54. The Kier molecular flexibility index (Phi) is 4.59. The quantitative estimate of drug-likeness (QED) is 0.479. The minimum absolute atomic E-state index is 0.0584. The molecule has 1 aromatic carbocycles. The van der Waals surface area contributed by atoms with Gasteiger partial charge in [0.05, 0.1) is 17.1 Å².